The highest BCUT2D eigenvalue weighted by Gasteiger charge is 2.07. The Kier molecular flexibility index (Phi) is 5.49. The minimum atomic E-state index is -0.398. The van der Waals surface area contributed by atoms with Gasteiger partial charge < -0.3 is 14.7 Å². The Hall–Kier alpha value is -1.55. The second-order valence-corrected chi connectivity index (χ2v) is 3.58. The highest BCUT2D eigenvalue weighted by atomic mass is 16.5. The smallest absolute Gasteiger partial charge is 0.338 e. The van der Waals surface area contributed by atoms with Gasteiger partial charge in [-0.25, -0.2) is 4.79 Å². The van der Waals surface area contributed by atoms with Crippen LogP contribution in [-0.4, -0.2) is 37.4 Å². The minimum Gasteiger partial charge on any atom is -0.460 e. The average Bonchev–Trinajstić information content (AvgIpc) is 2.38. The van der Waals surface area contributed by atoms with Gasteiger partial charge in [-0.05, 0) is 38.1 Å². The summed E-state index contributed by atoms with van der Waals surface area (Å²) in [6.07, 6.45) is 0. The number of rotatable bonds is 6. The minimum absolute atomic E-state index is 0.0383. The lowest BCUT2D eigenvalue weighted by atomic mass is 10.2. The molecule has 4 heteroatoms. The molecule has 1 rings (SSSR count). The molecule has 4 nitrogen and oxygen atoms in total. The Balaban J connectivity index is 2.70. The highest BCUT2D eigenvalue weighted by molar-refractivity contribution is 5.89. The Morgan fingerprint density at radius 1 is 1.24 bits per heavy atom. The summed E-state index contributed by atoms with van der Waals surface area (Å²) in [7, 11) is 0. The maximum Gasteiger partial charge on any atom is 0.338 e. The topological polar surface area (TPSA) is 49.8 Å². The predicted octanol–water partition coefficient (Wildman–Crippen LogP) is 1.68. The van der Waals surface area contributed by atoms with E-state index in [1.54, 1.807) is 12.1 Å². The van der Waals surface area contributed by atoms with Crippen molar-refractivity contribution in [1.29, 1.82) is 0 Å². The van der Waals surface area contributed by atoms with Crippen molar-refractivity contribution in [3.8, 4) is 0 Å². The van der Waals surface area contributed by atoms with E-state index >= 15 is 0 Å². The molecule has 0 aliphatic heterocycles. The van der Waals surface area contributed by atoms with E-state index in [4.69, 9.17) is 9.84 Å². The van der Waals surface area contributed by atoms with E-state index in [1.165, 1.54) is 0 Å². The van der Waals surface area contributed by atoms with Crippen molar-refractivity contribution in [1.82, 2.24) is 0 Å². The molecule has 0 saturated carbocycles. The number of aliphatic hydroxyl groups is 1. The van der Waals surface area contributed by atoms with Crippen LogP contribution in [0.5, 0.6) is 0 Å². The molecule has 0 amide bonds. The van der Waals surface area contributed by atoms with Gasteiger partial charge in [-0.2, -0.15) is 0 Å². The van der Waals surface area contributed by atoms with Crippen LogP contribution < -0.4 is 4.90 Å². The molecule has 0 aliphatic rings. The number of ether oxygens (including phenoxy) is 1. The SMILES string of the molecule is CCN(CC)c1ccc(C(=O)OCCO)cc1. The number of hydrogen-bond donors (Lipinski definition) is 1. The zero-order valence-corrected chi connectivity index (χ0v) is 10.3. The predicted molar refractivity (Wildman–Crippen MR) is 67.4 cm³/mol. The maximum atomic E-state index is 11.5. The maximum absolute atomic E-state index is 11.5. The van der Waals surface area contributed by atoms with Crippen molar-refractivity contribution < 1.29 is 14.6 Å². The van der Waals surface area contributed by atoms with Crippen molar-refractivity contribution in [2.45, 2.75) is 13.8 Å². The fraction of sp³-hybridized carbons (Fsp3) is 0.462. The lowest BCUT2D eigenvalue weighted by molar-refractivity contribution is 0.0434. The van der Waals surface area contributed by atoms with Gasteiger partial charge in [-0.3, -0.25) is 0 Å². The number of anilines is 1. The van der Waals surface area contributed by atoms with E-state index in [0.29, 0.717) is 5.56 Å². The summed E-state index contributed by atoms with van der Waals surface area (Å²) in [5.41, 5.74) is 1.60. The van der Waals surface area contributed by atoms with Crippen LogP contribution in [0.1, 0.15) is 24.2 Å². The Labute approximate surface area is 102 Å². The lowest BCUT2D eigenvalue weighted by Gasteiger charge is -2.20. The van der Waals surface area contributed by atoms with Crippen LogP contribution in [0.15, 0.2) is 24.3 Å². The van der Waals surface area contributed by atoms with Gasteiger partial charge in [-0.1, -0.05) is 0 Å². The number of esters is 1. The normalized spacial score (nSPS) is 10.1. The van der Waals surface area contributed by atoms with Gasteiger partial charge in [-0.15, -0.1) is 0 Å². The summed E-state index contributed by atoms with van der Waals surface area (Å²) >= 11 is 0. The Bertz CT molecular complexity index is 344. The lowest BCUT2D eigenvalue weighted by Crippen LogP contribution is -2.21. The third-order valence-corrected chi connectivity index (χ3v) is 2.56. The number of carbonyl (C=O) groups excluding carboxylic acids is 1. The van der Waals surface area contributed by atoms with Crippen LogP contribution in [0.25, 0.3) is 0 Å². The van der Waals surface area contributed by atoms with Crippen molar-refractivity contribution in [3.63, 3.8) is 0 Å². The molecule has 0 bridgehead atoms. The van der Waals surface area contributed by atoms with Crippen LogP contribution in [0.4, 0.5) is 5.69 Å². The average molecular weight is 237 g/mol. The zero-order valence-electron chi connectivity index (χ0n) is 10.3. The van der Waals surface area contributed by atoms with Crippen LogP contribution in [0.3, 0.4) is 0 Å². The second kappa shape index (κ2) is 6.91. The third kappa shape index (κ3) is 3.75. The van der Waals surface area contributed by atoms with Crippen LogP contribution in [-0.2, 0) is 4.74 Å². The van der Waals surface area contributed by atoms with E-state index in [-0.39, 0.29) is 13.2 Å². The third-order valence-electron chi connectivity index (χ3n) is 2.56. The molecule has 0 unspecified atom stereocenters. The molecule has 0 fully saturated rings. The van der Waals surface area contributed by atoms with Crippen LogP contribution in [0.2, 0.25) is 0 Å². The fourth-order valence-corrected chi connectivity index (χ4v) is 1.62. The van der Waals surface area contributed by atoms with Crippen LogP contribution in [0, 0.1) is 0 Å². The quantitative estimate of drug-likeness (QED) is 0.765. The van der Waals surface area contributed by atoms with Crippen molar-refractivity contribution in [2.24, 2.45) is 0 Å². The first-order chi connectivity index (χ1) is 8.22. The molecule has 1 aromatic rings. The highest BCUT2D eigenvalue weighted by Crippen LogP contribution is 2.15. The first-order valence-electron chi connectivity index (χ1n) is 5.85. The molecule has 1 N–H and O–H groups in total. The van der Waals surface area contributed by atoms with Crippen LogP contribution >= 0.6 is 0 Å². The number of hydrogen-bond acceptors (Lipinski definition) is 4. The first kappa shape index (κ1) is 13.5. The summed E-state index contributed by atoms with van der Waals surface area (Å²) in [6.45, 7) is 5.94. The second-order valence-electron chi connectivity index (χ2n) is 3.58. The molecule has 0 spiro atoms. The van der Waals surface area contributed by atoms with Crippen molar-refractivity contribution in [2.75, 3.05) is 31.2 Å². The molecule has 0 saturated heterocycles. The van der Waals surface area contributed by atoms with Gasteiger partial charge in [0.2, 0.25) is 0 Å². The van der Waals surface area contributed by atoms with Crippen molar-refractivity contribution in [3.05, 3.63) is 29.8 Å². The summed E-state index contributed by atoms with van der Waals surface area (Å²) in [6, 6.07) is 7.30. The molecular formula is C13H19NO3. The number of benzene rings is 1. The zero-order chi connectivity index (χ0) is 12.7. The summed E-state index contributed by atoms with van der Waals surface area (Å²) in [4.78, 5) is 13.7. The fourth-order valence-electron chi connectivity index (χ4n) is 1.62. The van der Waals surface area contributed by atoms with Gasteiger partial charge in [0.05, 0.1) is 12.2 Å². The Morgan fingerprint density at radius 2 is 1.82 bits per heavy atom. The molecule has 0 aromatic heterocycles. The van der Waals surface area contributed by atoms with Gasteiger partial charge in [0.1, 0.15) is 6.61 Å². The molecular weight excluding hydrogens is 218 g/mol. The molecule has 17 heavy (non-hydrogen) atoms. The van der Waals surface area contributed by atoms with Crippen molar-refractivity contribution >= 4 is 11.7 Å². The van der Waals surface area contributed by atoms with Gasteiger partial charge in [0, 0.05) is 18.8 Å². The van der Waals surface area contributed by atoms with E-state index in [2.05, 4.69) is 18.7 Å². The van der Waals surface area contributed by atoms with E-state index in [1.807, 2.05) is 12.1 Å². The summed E-state index contributed by atoms with van der Waals surface area (Å²) in [5.74, 6) is -0.398. The first-order valence-corrected chi connectivity index (χ1v) is 5.85. The standard InChI is InChI=1S/C13H19NO3/c1-3-14(4-2)12-7-5-11(6-8-12)13(16)17-10-9-15/h5-8,15H,3-4,9-10H2,1-2H3. The molecule has 0 aliphatic carbocycles. The Morgan fingerprint density at radius 3 is 2.29 bits per heavy atom. The van der Waals surface area contributed by atoms with Gasteiger partial charge in [0.25, 0.3) is 0 Å². The number of nitrogens with zero attached hydrogens (tertiary/aromatic N) is 1. The molecule has 0 radical (unpaired) electrons. The largest absolute Gasteiger partial charge is 0.460 e. The molecule has 0 atom stereocenters. The summed E-state index contributed by atoms with van der Waals surface area (Å²) in [5, 5.41) is 8.56. The molecule has 94 valence electrons. The monoisotopic (exact) mass is 237 g/mol. The van der Waals surface area contributed by atoms with Gasteiger partial charge in [0.15, 0.2) is 0 Å². The van der Waals surface area contributed by atoms with E-state index in [9.17, 15) is 4.79 Å². The molecule has 1 aromatic carbocycles. The molecule has 0 heterocycles. The van der Waals surface area contributed by atoms with E-state index < -0.39 is 5.97 Å². The summed E-state index contributed by atoms with van der Waals surface area (Å²) < 4.78 is 4.83. The van der Waals surface area contributed by atoms with Gasteiger partial charge >= 0.3 is 5.97 Å². The number of carbonyl (C=O) groups is 1. The van der Waals surface area contributed by atoms with E-state index in [0.717, 1.165) is 18.8 Å². The number of aliphatic hydroxyl groups excluding tert-OH is 1.